The van der Waals surface area contributed by atoms with E-state index in [-0.39, 0.29) is 22.9 Å². The van der Waals surface area contributed by atoms with E-state index in [0.29, 0.717) is 0 Å². The molecule has 1 N–H and O–H groups in total. The number of hydrogen-bond donors (Lipinski definition) is 1. The van der Waals surface area contributed by atoms with Gasteiger partial charge in [0, 0.05) is 12.2 Å². The maximum absolute atomic E-state index is 12.3. The lowest BCUT2D eigenvalue weighted by molar-refractivity contribution is -0.772. The van der Waals surface area contributed by atoms with Crippen LogP contribution in [0.2, 0.25) is 0 Å². The van der Waals surface area contributed by atoms with Crippen LogP contribution in [0, 0.1) is 0 Å². The number of carbonyl (C=O) groups excluding carboxylic acids is 1. The van der Waals surface area contributed by atoms with Crippen LogP contribution in [0.1, 0.15) is 6.42 Å². The smallest absolute Gasteiger partial charge is 0.538 e. The van der Waals surface area contributed by atoms with Gasteiger partial charge in [0.1, 0.15) is 0 Å². The number of halogens is 3. The molecule has 0 radical (unpaired) electrons. The second kappa shape index (κ2) is 7.43. The maximum Gasteiger partial charge on any atom is 0.573 e. The Bertz CT molecular complexity index is 701. The molecule has 0 spiro atoms. The van der Waals surface area contributed by atoms with E-state index < -0.39 is 24.0 Å². The summed E-state index contributed by atoms with van der Waals surface area (Å²) in [7, 11) is 1.51. The standard InChI is InChI=1S/C13H12F3N3O4S/c1-19-11(12(21)23-18-19)24-7-6-10(20)17-8-4-2-3-5-9(8)22-13(14,15)16/h2-5H,6-7H2,1H3,(H-,17,18,20,21). The van der Waals surface area contributed by atoms with Gasteiger partial charge in [-0.3, -0.25) is 4.79 Å². The number of benzene rings is 1. The van der Waals surface area contributed by atoms with Gasteiger partial charge < -0.3 is 19.7 Å². The van der Waals surface area contributed by atoms with Gasteiger partial charge in [-0.15, -0.1) is 13.2 Å². The van der Waals surface area contributed by atoms with E-state index in [1.54, 1.807) is 0 Å². The Labute approximate surface area is 138 Å². The van der Waals surface area contributed by atoms with Gasteiger partial charge in [0.25, 0.3) is 5.03 Å². The lowest BCUT2D eigenvalue weighted by Crippen LogP contribution is -2.32. The monoisotopic (exact) mass is 363 g/mol. The second-order valence-electron chi connectivity index (χ2n) is 4.48. The Kier molecular flexibility index (Phi) is 5.54. The number of amides is 1. The summed E-state index contributed by atoms with van der Waals surface area (Å²) >= 11 is 1.06. The zero-order chi connectivity index (χ0) is 17.7. The van der Waals surface area contributed by atoms with Gasteiger partial charge in [-0.25, -0.2) is 0 Å². The average Bonchev–Trinajstić information content (AvgIpc) is 2.79. The van der Waals surface area contributed by atoms with E-state index in [1.807, 2.05) is 0 Å². The van der Waals surface area contributed by atoms with Gasteiger partial charge in [0.05, 0.1) is 11.0 Å². The molecule has 0 bridgehead atoms. The first kappa shape index (κ1) is 17.9. The molecule has 0 fully saturated rings. The number of ether oxygens (including phenoxy) is 1. The molecule has 0 saturated carbocycles. The lowest BCUT2D eigenvalue weighted by atomic mass is 10.3. The third kappa shape index (κ3) is 5.05. The van der Waals surface area contributed by atoms with E-state index in [9.17, 15) is 23.1 Å². The predicted octanol–water partition coefficient (Wildman–Crippen LogP) is 1.59. The minimum absolute atomic E-state index is 0.0321. The van der Waals surface area contributed by atoms with Gasteiger partial charge in [0.15, 0.2) is 18.7 Å². The van der Waals surface area contributed by atoms with Gasteiger partial charge in [-0.05, 0) is 12.1 Å². The van der Waals surface area contributed by atoms with Crippen molar-refractivity contribution in [3.63, 3.8) is 0 Å². The highest BCUT2D eigenvalue weighted by atomic mass is 32.2. The second-order valence-corrected chi connectivity index (χ2v) is 5.56. The number of para-hydroxylation sites is 2. The number of aromatic nitrogens is 2. The van der Waals surface area contributed by atoms with Gasteiger partial charge in [0.2, 0.25) is 5.91 Å². The molecule has 0 aliphatic carbocycles. The van der Waals surface area contributed by atoms with Crippen LogP contribution in [-0.2, 0) is 11.8 Å². The molecular formula is C13H12F3N3O4S. The van der Waals surface area contributed by atoms with Crippen LogP contribution in [0.5, 0.6) is 11.7 Å². The zero-order valence-electron chi connectivity index (χ0n) is 12.3. The van der Waals surface area contributed by atoms with E-state index in [1.165, 1.54) is 29.9 Å². The minimum Gasteiger partial charge on any atom is -0.538 e. The molecule has 0 aliphatic rings. The molecule has 2 aromatic rings. The van der Waals surface area contributed by atoms with Crippen molar-refractivity contribution in [3.8, 4) is 11.7 Å². The first-order valence-corrected chi connectivity index (χ1v) is 7.55. The van der Waals surface area contributed by atoms with Crippen LogP contribution >= 0.6 is 11.8 Å². The van der Waals surface area contributed by atoms with Crippen molar-refractivity contribution in [3.05, 3.63) is 24.3 Å². The Morgan fingerprint density at radius 1 is 1.46 bits per heavy atom. The molecule has 0 saturated heterocycles. The molecule has 1 amide bonds. The van der Waals surface area contributed by atoms with Crippen LogP contribution < -0.4 is 19.8 Å². The fourth-order valence-electron chi connectivity index (χ4n) is 1.70. The third-order valence-corrected chi connectivity index (χ3v) is 3.78. The first-order chi connectivity index (χ1) is 11.3. The summed E-state index contributed by atoms with van der Waals surface area (Å²) in [6.07, 6.45) is -4.89. The highest BCUT2D eigenvalue weighted by molar-refractivity contribution is 7.99. The van der Waals surface area contributed by atoms with E-state index in [4.69, 9.17) is 0 Å². The predicted molar refractivity (Wildman–Crippen MR) is 74.2 cm³/mol. The van der Waals surface area contributed by atoms with Crippen molar-refractivity contribution in [2.45, 2.75) is 17.8 Å². The van der Waals surface area contributed by atoms with Crippen molar-refractivity contribution in [1.82, 2.24) is 5.27 Å². The number of carbonyl (C=O) groups is 1. The lowest BCUT2D eigenvalue weighted by Gasteiger charge is -2.13. The quantitative estimate of drug-likeness (QED) is 0.619. The van der Waals surface area contributed by atoms with Gasteiger partial charge in [-0.2, -0.15) is 0 Å². The number of nitrogens with one attached hydrogen (secondary N) is 1. The topological polar surface area (TPSA) is 91.3 Å². The van der Waals surface area contributed by atoms with Gasteiger partial charge >= 0.3 is 6.36 Å². The number of rotatable bonds is 6. The molecule has 24 heavy (non-hydrogen) atoms. The van der Waals surface area contributed by atoms with Crippen molar-refractivity contribution >= 4 is 23.4 Å². The Morgan fingerprint density at radius 3 is 2.79 bits per heavy atom. The minimum atomic E-state index is -4.86. The average molecular weight is 363 g/mol. The van der Waals surface area contributed by atoms with Gasteiger partial charge in [-0.1, -0.05) is 28.6 Å². The van der Waals surface area contributed by atoms with Crippen molar-refractivity contribution in [2.24, 2.45) is 7.05 Å². The van der Waals surface area contributed by atoms with E-state index >= 15 is 0 Å². The highest BCUT2D eigenvalue weighted by Crippen LogP contribution is 2.30. The summed E-state index contributed by atoms with van der Waals surface area (Å²) in [5, 5.41) is 17.3. The molecule has 1 aromatic carbocycles. The molecule has 1 aromatic heterocycles. The Morgan fingerprint density at radius 2 is 2.17 bits per heavy atom. The summed E-state index contributed by atoms with van der Waals surface area (Å²) < 4.78 is 46.4. The summed E-state index contributed by atoms with van der Waals surface area (Å²) in [6.45, 7) is 0. The van der Waals surface area contributed by atoms with Crippen molar-refractivity contribution in [2.75, 3.05) is 11.1 Å². The van der Waals surface area contributed by atoms with Crippen LogP contribution in [0.3, 0.4) is 0 Å². The summed E-state index contributed by atoms with van der Waals surface area (Å²) in [4.78, 5) is 11.8. The number of thioether (sulfide) groups is 1. The van der Waals surface area contributed by atoms with Crippen molar-refractivity contribution in [1.29, 1.82) is 0 Å². The molecule has 7 nitrogen and oxygen atoms in total. The van der Waals surface area contributed by atoms with Crippen LogP contribution in [0.4, 0.5) is 18.9 Å². The van der Waals surface area contributed by atoms with Crippen LogP contribution in [0.25, 0.3) is 0 Å². The third-order valence-electron chi connectivity index (χ3n) is 2.67. The summed E-state index contributed by atoms with van der Waals surface area (Å²) in [5.41, 5.74) is -0.0927. The van der Waals surface area contributed by atoms with Crippen LogP contribution in [-0.4, -0.2) is 23.3 Å². The van der Waals surface area contributed by atoms with Crippen LogP contribution in [0.15, 0.2) is 33.8 Å². The summed E-state index contributed by atoms with van der Waals surface area (Å²) in [6, 6.07) is 5.21. The number of aryl methyl sites for hydroxylation is 1. The zero-order valence-corrected chi connectivity index (χ0v) is 13.1. The normalized spacial score (nSPS) is 11.3. The fraction of sp³-hybridized carbons (Fsp3) is 0.308. The SMILES string of the molecule is C[n+]1noc([O-])c1SCCC(=O)Nc1ccccc1OC(F)(F)F. The summed E-state index contributed by atoms with van der Waals surface area (Å²) in [5.74, 6) is -1.42. The molecule has 0 aliphatic heterocycles. The molecule has 2 rings (SSSR count). The molecule has 130 valence electrons. The number of alkyl halides is 3. The van der Waals surface area contributed by atoms with E-state index in [0.717, 1.165) is 17.8 Å². The highest BCUT2D eigenvalue weighted by Gasteiger charge is 2.32. The number of nitrogens with zero attached hydrogens (tertiary/aromatic N) is 2. The van der Waals surface area contributed by atoms with E-state index in [2.05, 4.69) is 19.8 Å². The largest absolute Gasteiger partial charge is 0.573 e. The molecule has 1 heterocycles. The molecule has 0 unspecified atom stereocenters. The molecule has 11 heteroatoms. The fourth-order valence-corrected chi connectivity index (χ4v) is 2.55. The first-order valence-electron chi connectivity index (χ1n) is 6.56. The number of anilines is 1. The molecular weight excluding hydrogens is 351 g/mol. The maximum atomic E-state index is 12.3. The molecule has 0 atom stereocenters. The Hall–Kier alpha value is -2.43. The van der Waals surface area contributed by atoms with Crippen molar-refractivity contribution < 1.29 is 37.0 Å². The Balaban J connectivity index is 1.91. The number of hydrogen-bond acceptors (Lipinski definition) is 6.